The van der Waals surface area contributed by atoms with E-state index in [1.165, 1.54) is 36.4 Å². The molecule has 0 bridgehead atoms. The number of rotatable bonds is 4. The summed E-state index contributed by atoms with van der Waals surface area (Å²) in [7, 11) is 2.33. The lowest BCUT2D eigenvalue weighted by Crippen LogP contribution is -2.28. The van der Waals surface area contributed by atoms with E-state index < -0.39 is 17.9 Å². The summed E-state index contributed by atoms with van der Waals surface area (Å²) >= 11 is 6.07. The lowest BCUT2D eigenvalue weighted by atomic mass is 10.0. The Labute approximate surface area is 154 Å². The zero-order valence-corrected chi connectivity index (χ0v) is 15.0. The Bertz CT molecular complexity index is 869. The van der Waals surface area contributed by atoms with Crippen LogP contribution in [0.15, 0.2) is 47.8 Å². The van der Waals surface area contributed by atoms with Gasteiger partial charge in [-0.1, -0.05) is 23.7 Å². The molecule has 0 saturated heterocycles. The Balaban J connectivity index is 2.87. The predicted octanol–water partition coefficient (Wildman–Crippen LogP) is 2.84. The topological polar surface area (TPSA) is 93.1 Å². The van der Waals surface area contributed by atoms with Crippen molar-refractivity contribution < 1.29 is 29.0 Å². The molecule has 0 atom stereocenters. The fraction of sp³-hybridized carbons (Fsp3) is 0.167. The van der Waals surface area contributed by atoms with Gasteiger partial charge < -0.3 is 19.5 Å². The standard InChI is InChI=1S/C18H16ClNO6/c1-10-7-8-12(19)13(16(21)22)14(10)20-9-5-4-6-11(17(23)25-2)15(20)18(24)26-3/h4-9H,1-3H3,(H,21,22). The van der Waals surface area contributed by atoms with E-state index in [0.717, 1.165) is 7.11 Å². The Kier molecular flexibility index (Phi) is 5.84. The quantitative estimate of drug-likeness (QED) is 0.806. The third kappa shape index (κ3) is 3.48. The van der Waals surface area contributed by atoms with Crippen molar-refractivity contribution >= 4 is 35.2 Å². The van der Waals surface area contributed by atoms with Gasteiger partial charge >= 0.3 is 17.9 Å². The van der Waals surface area contributed by atoms with Crippen LogP contribution in [0.1, 0.15) is 15.9 Å². The number of esters is 2. The van der Waals surface area contributed by atoms with Gasteiger partial charge in [-0.2, -0.15) is 0 Å². The molecule has 1 aliphatic rings. The highest BCUT2D eigenvalue weighted by Gasteiger charge is 2.31. The van der Waals surface area contributed by atoms with Crippen LogP contribution >= 0.6 is 11.6 Å². The Morgan fingerprint density at radius 2 is 1.73 bits per heavy atom. The number of halogens is 1. The lowest BCUT2D eigenvalue weighted by Gasteiger charge is -2.26. The van der Waals surface area contributed by atoms with Crippen LogP contribution in [0.3, 0.4) is 0 Å². The van der Waals surface area contributed by atoms with E-state index in [2.05, 4.69) is 0 Å². The van der Waals surface area contributed by atoms with E-state index in [1.54, 1.807) is 19.1 Å². The number of nitrogens with zero attached hydrogens (tertiary/aromatic N) is 1. The summed E-state index contributed by atoms with van der Waals surface area (Å²) in [5.74, 6) is -2.88. The van der Waals surface area contributed by atoms with Gasteiger partial charge in [0.1, 0.15) is 11.3 Å². The normalized spacial score (nSPS) is 13.5. The molecule has 0 saturated carbocycles. The number of hydrogen-bond acceptors (Lipinski definition) is 6. The van der Waals surface area contributed by atoms with Gasteiger partial charge in [0.15, 0.2) is 0 Å². The highest BCUT2D eigenvalue weighted by Crippen LogP contribution is 2.35. The Hall–Kier alpha value is -3.06. The molecule has 1 aromatic carbocycles. The first-order valence-corrected chi connectivity index (χ1v) is 7.78. The molecule has 136 valence electrons. The number of ether oxygens (including phenoxy) is 2. The van der Waals surface area contributed by atoms with E-state index in [9.17, 15) is 19.5 Å². The molecule has 1 aliphatic heterocycles. The molecule has 0 unspecified atom stereocenters. The number of aryl methyl sites for hydroxylation is 1. The molecule has 26 heavy (non-hydrogen) atoms. The number of hydrogen-bond donors (Lipinski definition) is 1. The van der Waals surface area contributed by atoms with Crippen LogP contribution in [0.5, 0.6) is 0 Å². The maximum Gasteiger partial charge on any atom is 0.355 e. The van der Waals surface area contributed by atoms with Crippen LogP contribution in [0.2, 0.25) is 5.02 Å². The maximum absolute atomic E-state index is 12.4. The zero-order valence-electron chi connectivity index (χ0n) is 14.3. The van der Waals surface area contributed by atoms with Crippen LogP contribution in [-0.4, -0.2) is 37.2 Å². The van der Waals surface area contributed by atoms with Crippen molar-refractivity contribution in [2.75, 3.05) is 19.1 Å². The monoisotopic (exact) mass is 377 g/mol. The summed E-state index contributed by atoms with van der Waals surface area (Å²) < 4.78 is 9.53. The van der Waals surface area contributed by atoms with Crippen molar-refractivity contribution in [3.05, 3.63) is 64.0 Å². The van der Waals surface area contributed by atoms with Crippen molar-refractivity contribution in [3.63, 3.8) is 0 Å². The van der Waals surface area contributed by atoms with Gasteiger partial charge in [0.2, 0.25) is 0 Å². The third-order valence-corrected chi connectivity index (χ3v) is 3.99. The average Bonchev–Trinajstić information content (AvgIpc) is 2.84. The van der Waals surface area contributed by atoms with Crippen molar-refractivity contribution in [3.8, 4) is 0 Å². The molecule has 0 radical (unpaired) electrons. The Morgan fingerprint density at radius 1 is 1.08 bits per heavy atom. The minimum Gasteiger partial charge on any atom is -0.478 e. The summed E-state index contributed by atoms with van der Waals surface area (Å²) in [6, 6.07) is 3.06. The van der Waals surface area contributed by atoms with Crippen LogP contribution in [0.4, 0.5) is 5.69 Å². The van der Waals surface area contributed by atoms with Crippen molar-refractivity contribution in [2.45, 2.75) is 6.92 Å². The fourth-order valence-electron chi connectivity index (χ4n) is 2.52. The summed E-state index contributed by atoms with van der Waals surface area (Å²) in [6.45, 7) is 1.66. The third-order valence-electron chi connectivity index (χ3n) is 3.67. The number of carboxylic acids is 1. The first-order valence-electron chi connectivity index (χ1n) is 7.40. The summed E-state index contributed by atoms with van der Waals surface area (Å²) in [4.78, 5) is 37.6. The van der Waals surface area contributed by atoms with Gasteiger partial charge in [0.05, 0.1) is 30.5 Å². The molecular weight excluding hydrogens is 362 g/mol. The molecular formula is C18H16ClNO6. The molecule has 1 aromatic rings. The van der Waals surface area contributed by atoms with Crippen molar-refractivity contribution in [1.82, 2.24) is 0 Å². The van der Waals surface area contributed by atoms with Gasteiger partial charge in [-0.05, 0) is 30.7 Å². The van der Waals surface area contributed by atoms with E-state index in [4.69, 9.17) is 21.1 Å². The second-order valence-corrected chi connectivity index (χ2v) is 5.62. The smallest absolute Gasteiger partial charge is 0.355 e. The number of aromatic carboxylic acids is 1. The molecule has 0 aliphatic carbocycles. The number of carbonyl (C=O) groups is 3. The largest absolute Gasteiger partial charge is 0.478 e. The van der Waals surface area contributed by atoms with Crippen molar-refractivity contribution in [2.24, 2.45) is 0 Å². The molecule has 2 rings (SSSR count). The highest BCUT2D eigenvalue weighted by atomic mass is 35.5. The Morgan fingerprint density at radius 3 is 2.31 bits per heavy atom. The number of carbonyl (C=O) groups excluding carboxylic acids is 2. The number of anilines is 1. The number of carboxylic acid groups (broad SMARTS) is 1. The molecule has 1 heterocycles. The summed E-state index contributed by atoms with van der Waals surface area (Å²) in [5, 5.41) is 9.59. The molecule has 7 nitrogen and oxygen atoms in total. The molecule has 0 fully saturated rings. The minimum atomic E-state index is -1.27. The highest BCUT2D eigenvalue weighted by molar-refractivity contribution is 6.34. The second kappa shape index (κ2) is 7.88. The first kappa shape index (κ1) is 19.3. The minimum absolute atomic E-state index is 0.00691. The zero-order chi connectivity index (χ0) is 19.4. The summed E-state index contributed by atoms with van der Waals surface area (Å²) in [5.41, 5.74) is 0.205. The van der Waals surface area contributed by atoms with Gasteiger partial charge in [-0.15, -0.1) is 0 Å². The van der Waals surface area contributed by atoms with Crippen molar-refractivity contribution in [1.29, 1.82) is 0 Å². The van der Waals surface area contributed by atoms with Gasteiger partial charge in [-0.3, -0.25) is 0 Å². The molecule has 0 spiro atoms. The SMILES string of the molecule is COC(=O)C1=C(C(=O)OC)N(c2c(C)ccc(Cl)c2C(=O)O)C=CC=C1. The van der Waals surface area contributed by atoms with Crippen LogP contribution < -0.4 is 4.90 Å². The van der Waals surface area contributed by atoms with Crippen LogP contribution in [0.25, 0.3) is 0 Å². The maximum atomic E-state index is 12.4. The average molecular weight is 378 g/mol. The van der Waals surface area contributed by atoms with E-state index in [1.807, 2.05) is 0 Å². The number of methoxy groups -OCH3 is 2. The van der Waals surface area contributed by atoms with Gasteiger partial charge in [0, 0.05) is 6.20 Å². The second-order valence-electron chi connectivity index (χ2n) is 5.21. The van der Waals surface area contributed by atoms with E-state index in [0.29, 0.717) is 5.56 Å². The fourth-order valence-corrected chi connectivity index (χ4v) is 2.75. The summed E-state index contributed by atoms with van der Waals surface area (Å²) in [6.07, 6.45) is 5.90. The predicted molar refractivity (Wildman–Crippen MR) is 95.0 cm³/mol. The molecule has 8 heteroatoms. The molecule has 0 aromatic heterocycles. The van der Waals surface area contributed by atoms with Gasteiger partial charge in [-0.25, -0.2) is 14.4 Å². The molecule has 1 N–H and O–H groups in total. The van der Waals surface area contributed by atoms with Gasteiger partial charge in [0.25, 0.3) is 0 Å². The van der Waals surface area contributed by atoms with E-state index in [-0.39, 0.29) is 27.5 Å². The first-order chi connectivity index (χ1) is 12.3. The lowest BCUT2D eigenvalue weighted by molar-refractivity contribution is -0.139. The van der Waals surface area contributed by atoms with E-state index >= 15 is 0 Å². The molecule has 0 amide bonds. The number of allylic oxidation sites excluding steroid dienone is 2. The van der Waals surface area contributed by atoms with Crippen LogP contribution in [0, 0.1) is 6.92 Å². The van der Waals surface area contributed by atoms with Crippen LogP contribution in [-0.2, 0) is 19.1 Å². The number of benzene rings is 1.